The van der Waals surface area contributed by atoms with Gasteiger partial charge in [0.2, 0.25) is 5.88 Å². The minimum Gasteiger partial charge on any atom is -0.478 e. The Hall–Kier alpha value is -1.09. The quantitative estimate of drug-likeness (QED) is 0.758. The third-order valence-electron chi connectivity index (χ3n) is 2.96. The lowest BCUT2D eigenvalue weighted by molar-refractivity contribution is 0.285. The Kier molecular flexibility index (Phi) is 3.21. The van der Waals surface area contributed by atoms with Crippen LogP contribution in [0.25, 0.3) is 0 Å². The molecule has 1 aliphatic heterocycles. The summed E-state index contributed by atoms with van der Waals surface area (Å²) in [6.45, 7) is 3.85. The fraction of sp³-hybridized carbons (Fsp3) is 0.583. The Morgan fingerprint density at radius 2 is 2.47 bits per heavy atom. The summed E-state index contributed by atoms with van der Waals surface area (Å²) >= 11 is 0. The molecule has 0 radical (unpaired) electrons. The molecule has 15 heavy (non-hydrogen) atoms. The van der Waals surface area contributed by atoms with Gasteiger partial charge in [0.1, 0.15) is 0 Å². The summed E-state index contributed by atoms with van der Waals surface area (Å²) in [4.78, 5) is 6.67. The molecule has 1 fully saturated rings. The molecular weight excluding hydrogens is 188 g/mol. The van der Waals surface area contributed by atoms with Crippen LogP contribution < -0.4 is 4.74 Å². The van der Waals surface area contributed by atoms with Gasteiger partial charge in [0.25, 0.3) is 0 Å². The lowest BCUT2D eigenvalue weighted by Gasteiger charge is -2.21. The van der Waals surface area contributed by atoms with Crippen LogP contribution in [0.2, 0.25) is 0 Å². The van der Waals surface area contributed by atoms with E-state index in [1.807, 2.05) is 13.0 Å². The lowest BCUT2D eigenvalue weighted by Crippen LogP contribution is -2.18. The Morgan fingerprint density at radius 3 is 3.13 bits per heavy atom. The summed E-state index contributed by atoms with van der Waals surface area (Å²) in [5.74, 6) is 0.804. The van der Waals surface area contributed by atoms with Crippen molar-refractivity contribution in [2.24, 2.45) is 0 Å². The molecule has 0 spiro atoms. The van der Waals surface area contributed by atoms with Crippen molar-refractivity contribution in [2.45, 2.75) is 25.8 Å². The monoisotopic (exact) mass is 206 g/mol. The summed E-state index contributed by atoms with van der Waals surface area (Å²) in [6.07, 6.45) is 4.27. The van der Waals surface area contributed by atoms with Crippen LogP contribution >= 0.6 is 0 Å². The number of ether oxygens (including phenoxy) is 1. The molecule has 3 heteroatoms. The van der Waals surface area contributed by atoms with E-state index in [9.17, 15) is 0 Å². The first-order valence-corrected chi connectivity index (χ1v) is 5.61. The Morgan fingerprint density at radius 1 is 1.60 bits per heavy atom. The molecule has 0 aromatic carbocycles. The number of rotatable bonds is 3. The van der Waals surface area contributed by atoms with Gasteiger partial charge in [-0.2, -0.15) is 0 Å². The van der Waals surface area contributed by atoms with Crippen LogP contribution in [0, 0.1) is 0 Å². The highest BCUT2D eigenvalue weighted by atomic mass is 16.5. The third kappa shape index (κ3) is 2.12. The lowest BCUT2D eigenvalue weighted by atomic mass is 10.1. The molecule has 1 atom stereocenters. The van der Waals surface area contributed by atoms with Crippen molar-refractivity contribution in [2.75, 3.05) is 20.2 Å². The van der Waals surface area contributed by atoms with Gasteiger partial charge >= 0.3 is 0 Å². The Bertz CT molecular complexity index is 327. The Labute approximate surface area is 91.1 Å². The van der Waals surface area contributed by atoms with Crippen LogP contribution in [-0.4, -0.2) is 30.1 Å². The largest absolute Gasteiger partial charge is 0.478 e. The van der Waals surface area contributed by atoms with Crippen molar-refractivity contribution in [1.82, 2.24) is 9.88 Å². The number of likely N-dealkylation sites (tertiary alicyclic amines) is 1. The van der Waals surface area contributed by atoms with E-state index in [1.54, 1.807) is 6.20 Å². The van der Waals surface area contributed by atoms with E-state index in [4.69, 9.17) is 4.74 Å². The first-order valence-electron chi connectivity index (χ1n) is 5.61. The highest BCUT2D eigenvalue weighted by molar-refractivity contribution is 5.29. The zero-order valence-corrected chi connectivity index (χ0v) is 9.44. The fourth-order valence-electron chi connectivity index (χ4n) is 2.22. The SMILES string of the molecule is CCOc1ncccc1[C@H]1CCCN1C. The second kappa shape index (κ2) is 4.62. The molecular formula is C12H18N2O. The summed E-state index contributed by atoms with van der Waals surface area (Å²) in [5, 5.41) is 0. The van der Waals surface area contributed by atoms with Gasteiger partial charge in [0.05, 0.1) is 6.61 Å². The third-order valence-corrected chi connectivity index (χ3v) is 2.96. The minimum absolute atomic E-state index is 0.486. The average molecular weight is 206 g/mol. The second-order valence-corrected chi connectivity index (χ2v) is 3.97. The van der Waals surface area contributed by atoms with Gasteiger partial charge in [-0.25, -0.2) is 4.98 Å². The molecule has 2 heterocycles. The van der Waals surface area contributed by atoms with Crippen LogP contribution in [0.1, 0.15) is 31.4 Å². The van der Waals surface area contributed by atoms with Gasteiger partial charge in [-0.3, -0.25) is 4.90 Å². The average Bonchev–Trinajstić information content (AvgIpc) is 2.66. The summed E-state index contributed by atoms with van der Waals surface area (Å²) < 4.78 is 5.56. The topological polar surface area (TPSA) is 25.4 Å². The maximum absolute atomic E-state index is 5.56. The van der Waals surface area contributed by atoms with Gasteiger partial charge in [-0.05, 0) is 39.4 Å². The molecule has 1 saturated heterocycles. The van der Waals surface area contributed by atoms with E-state index in [0.717, 1.165) is 5.88 Å². The van der Waals surface area contributed by atoms with E-state index >= 15 is 0 Å². The molecule has 1 aromatic heterocycles. The van der Waals surface area contributed by atoms with Crippen molar-refractivity contribution >= 4 is 0 Å². The van der Waals surface area contributed by atoms with E-state index < -0.39 is 0 Å². The van der Waals surface area contributed by atoms with Gasteiger partial charge in [0, 0.05) is 17.8 Å². The van der Waals surface area contributed by atoms with Crippen LogP contribution in [-0.2, 0) is 0 Å². The molecule has 0 amide bonds. The van der Waals surface area contributed by atoms with Crippen LogP contribution in [0.15, 0.2) is 18.3 Å². The number of hydrogen-bond donors (Lipinski definition) is 0. The molecule has 3 nitrogen and oxygen atoms in total. The highest BCUT2D eigenvalue weighted by Gasteiger charge is 2.25. The standard InChI is InChI=1S/C12H18N2O/c1-3-15-12-10(6-4-8-13-12)11-7-5-9-14(11)2/h4,6,8,11H,3,5,7,9H2,1-2H3/t11-/m1/s1. The highest BCUT2D eigenvalue weighted by Crippen LogP contribution is 2.34. The van der Waals surface area contributed by atoms with Crippen molar-refractivity contribution in [1.29, 1.82) is 0 Å². The maximum Gasteiger partial charge on any atom is 0.218 e. The van der Waals surface area contributed by atoms with Crippen molar-refractivity contribution in [3.8, 4) is 5.88 Å². The van der Waals surface area contributed by atoms with E-state index in [0.29, 0.717) is 12.6 Å². The minimum atomic E-state index is 0.486. The molecule has 0 aliphatic carbocycles. The van der Waals surface area contributed by atoms with Crippen molar-refractivity contribution in [3.05, 3.63) is 23.9 Å². The smallest absolute Gasteiger partial charge is 0.218 e. The number of nitrogens with zero attached hydrogens (tertiary/aromatic N) is 2. The first-order chi connectivity index (χ1) is 7.33. The van der Waals surface area contributed by atoms with Crippen LogP contribution in [0.4, 0.5) is 0 Å². The van der Waals surface area contributed by atoms with Gasteiger partial charge in [-0.1, -0.05) is 6.07 Å². The first kappa shape index (κ1) is 10.4. The molecule has 2 rings (SSSR count). The van der Waals surface area contributed by atoms with Crippen LogP contribution in [0.3, 0.4) is 0 Å². The van der Waals surface area contributed by atoms with E-state index in [-0.39, 0.29) is 0 Å². The molecule has 1 aliphatic rings. The van der Waals surface area contributed by atoms with Crippen molar-refractivity contribution in [3.63, 3.8) is 0 Å². The summed E-state index contributed by atoms with van der Waals surface area (Å²) in [7, 11) is 2.17. The summed E-state index contributed by atoms with van der Waals surface area (Å²) in [5.41, 5.74) is 1.24. The molecule has 0 bridgehead atoms. The number of hydrogen-bond acceptors (Lipinski definition) is 3. The number of pyridine rings is 1. The zero-order chi connectivity index (χ0) is 10.7. The van der Waals surface area contributed by atoms with Crippen molar-refractivity contribution < 1.29 is 4.74 Å². The molecule has 0 N–H and O–H groups in total. The second-order valence-electron chi connectivity index (χ2n) is 3.97. The summed E-state index contributed by atoms with van der Waals surface area (Å²) in [6, 6.07) is 4.61. The number of aromatic nitrogens is 1. The van der Waals surface area contributed by atoms with Gasteiger partial charge < -0.3 is 4.74 Å². The maximum atomic E-state index is 5.56. The van der Waals surface area contributed by atoms with E-state index in [1.165, 1.54) is 24.9 Å². The Balaban J connectivity index is 2.25. The predicted octanol–water partition coefficient (Wildman–Crippen LogP) is 2.25. The zero-order valence-electron chi connectivity index (χ0n) is 9.44. The van der Waals surface area contributed by atoms with Gasteiger partial charge in [0.15, 0.2) is 0 Å². The molecule has 1 aromatic rings. The van der Waals surface area contributed by atoms with E-state index in [2.05, 4.69) is 23.0 Å². The predicted molar refractivity (Wildman–Crippen MR) is 60.0 cm³/mol. The fourth-order valence-corrected chi connectivity index (χ4v) is 2.22. The molecule has 0 saturated carbocycles. The van der Waals surface area contributed by atoms with Gasteiger partial charge in [-0.15, -0.1) is 0 Å². The van der Waals surface area contributed by atoms with Crippen LogP contribution in [0.5, 0.6) is 5.88 Å². The normalized spacial score (nSPS) is 21.9. The molecule has 0 unspecified atom stereocenters. The molecule has 82 valence electrons.